The van der Waals surface area contributed by atoms with Crippen LogP contribution in [0.4, 0.5) is 5.82 Å². The van der Waals surface area contributed by atoms with E-state index in [0.717, 1.165) is 51.5 Å². The molecule has 2 aliphatic heterocycles. The summed E-state index contributed by atoms with van der Waals surface area (Å²) in [6.45, 7) is 5.39. The van der Waals surface area contributed by atoms with Crippen molar-refractivity contribution in [1.82, 2.24) is 14.2 Å². The standard InChI is InChI=1S/C21H34N4O3S/c1-3-4-13-23(2)21(26)18-10-16-24(17-11-18)20-19(9-8-12-22-20)29(27,28)25-14-6-5-7-15-25/h8-9,12,18H,3-7,10-11,13-17H2,1-2H3. The van der Waals surface area contributed by atoms with E-state index in [1.54, 1.807) is 22.6 Å². The first kappa shape index (κ1) is 22.0. The summed E-state index contributed by atoms with van der Waals surface area (Å²) in [5.74, 6) is 0.752. The summed E-state index contributed by atoms with van der Waals surface area (Å²) in [7, 11) is -1.66. The van der Waals surface area contributed by atoms with Gasteiger partial charge in [-0.15, -0.1) is 0 Å². The molecule has 0 saturated carbocycles. The molecule has 0 radical (unpaired) electrons. The third-order valence-corrected chi connectivity index (χ3v) is 7.97. The van der Waals surface area contributed by atoms with Crippen molar-refractivity contribution in [3.8, 4) is 0 Å². The fourth-order valence-electron chi connectivity index (χ4n) is 4.22. The van der Waals surface area contributed by atoms with Crippen molar-refractivity contribution in [3.63, 3.8) is 0 Å². The molecule has 162 valence electrons. The first-order valence-electron chi connectivity index (χ1n) is 10.9. The van der Waals surface area contributed by atoms with Gasteiger partial charge in [0.2, 0.25) is 15.9 Å². The van der Waals surface area contributed by atoms with Gasteiger partial charge in [-0.05, 0) is 44.2 Å². The van der Waals surface area contributed by atoms with Crippen LogP contribution in [0, 0.1) is 5.92 Å². The first-order chi connectivity index (χ1) is 13.9. The van der Waals surface area contributed by atoms with E-state index in [1.165, 1.54) is 0 Å². The van der Waals surface area contributed by atoms with Crippen LogP contribution in [-0.4, -0.2) is 68.3 Å². The Morgan fingerprint density at radius 2 is 1.86 bits per heavy atom. The summed E-state index contributed by atoms with van der Waals surface area (Å²) in [4.78, 5) is 21.3. The topological polar surface area (TPSA) is 73.8 Å². The van der Waals surface area contributed by atoms with Gasteiger partial charge in [-0.25, -0.2) is 13.4 Å². The van der Waals surface area contributed by atoms with Crippen LogP contribution in [0.1, 0.15) is 51.9 Å². The van der Waals surface area contributed by atoms with Crippen molar-refractivity contribution in [2.75, 3.05) is 44.7 Å². The molecule has 0 spiro atoms. The number of pyridine rings is 1. The van der Waals surface area contributed by atoms with Gasteiger partial charge in [-0.2, -0.15) is 4.31 Å². The van der Waals surface area contributed by atoms with Gasteiger partial charge in [0.1, 0.15) is 10.7 Å². The number of nitrogens with zero attached hydrogens (tertiary/aromatic N) is 4. The first-order valence-corrected chi connectivity index (χ1v) is 12.3. The highest BCUT2D eigenvalue weighted by Crippen LogP contribution is 2.30. The second-order valence-corrected chi connectivity index (χ2v) is 10.1. The van der Waals surface area contributed by atoms with E-state index in [2.05, 4.69) is 11.9 Å². The number of amides is 1. The minimum absolute atomic E-state index is 0.0129. The number of anilines is 1. The molecule has 7 nitrogen and oxygen atoms in total. The van der Waals surface area contributed by atoms with Crippen LogP contribution in [0.15, 0.2) is 23.2 Å². The Kier molecular flexibility index (Phi) is 7.51. The highest BCUT2D eigenvalue weighted by atomic mass is 32.2. The zero-order valence-electron chi connectivity index (χ0n) is 17.7. The number of carbonyl (C=O) groups is 1. The van der Waals surface area contributed by atoms with Gasteiger partial charge in [-0.3, -0.25) is 4.79 Å². The summed E-state index contributed by atoms with van der Waals surface area (Å²) >= 11 is 0. The number of hydrogen-bond donors (Lipinski definition) is 0. The minimum atomic E-state index is -3.54. The number of rotatable bonds is 7. The molecule has 2 saturated heterocycles. The van der Waals surface area contributed by atoms with E-state index < -0.39 is 10.0 Å². The largest absolute Gasteiger partial charge is 0.355 e. The lowest BCUT2D eigenvalue weighted by molar-refractivity contribution is -0.134. The molecule has 0 aromatic carbocycles. The highest BCUT2D eigenvalue weighted by Gasteiger charge is 2.33. The minimum Gasteiger partial charge on any atom is -0.355 e. The van der Waals surface area contributed by atoms with Crippen molar-refractivity contribution in [2.24, 2.45) is 5.92 Å². The lowest BCUT2D eigenvalue weighted by Gasteiger charge is -2.35. The predicted molar refractivity (Wildman–Crippen MR) is 114 cm³/mol. The van der Waals surface area contributed by atoms with E-state index >= 15 is 0 Å². The number of sulfonamides is 1. The van der Waals surface area contributed by atoms with Gasteiger partial charge in [0.25, 0.3) is 0 Å². The van der Waals surface area contributed by atoms with Crippen LogP contribution in [0.2, 0.25) is 0 Å². The number of hydrogen-bond acceptors (Lipinski definition) is 5. The Labute approximate surface area is 175 Å². The quantitative estimate of drug-likeness (QED) is 0.675. The van der Waals surface area contributed by atoms with Crippen LogP contribution >= 0.6 is 0 Å². The van der Waals surface area contributed by atoms with Crippen LogP contribution < -0.4 is 4.90 Å². The Bertz CT molecular complexity index is 785. The Morgan fingerprint density at radius 1 is 1.17 bits per heavy atom. The van der Waals surface area contributed by atoms with Crippen LogP contribution in [0.5, 0.6) is 0 Å². The molecule has 3 rings (SSSR count). The van der Waals surface area contributed by atoms with Crippen molar-refractivity contribution < 1.29 is 13.2 Å². The Hall–Kier alpha value is -1.67. The average molecular weight is 423 g/mol. The van der Waals surface area contributed by atoms with Gasteiger partial charge >= 0.3 is 0 Å². The van der Waals surface area contributed by atoms with Crippen LogP contribution in [0.25, 0.3) is 0 Å². The lowest BCUT2D eigenvalue weighted by atomic mass is 9.95. The predicted octanol–water partition coefficient (Wildman–Crippen LogP) is 2.73. The van der Waals surface area contributed by atoms with Crippen molar-refractivity contribution in [1.29, 1.82) is 0 Å². The molecule has 0 unspecified atom stereocenters. The number of unbranched alkanes of at least 4 members (excludes halogenated alkanes) is 1. The van der Waals surface area contributed by atoms with Gasteiger partial charge in [0.05, 0.1) is 0 Å². The zero-order chi connectivity index (χ0) is 20.9. The van der Waals surface area contributed by atoms with Crippen LogP contribution in [0.3, 0.4) is 0 Å². The fraction of sp³-hybridized carbons (Fsp3) is 0.714. The maximum atomic E-state index is 13.2. The molecular weight excluding hydrogens is 388 g/mol. The monoisotopic (exact) mass is 422 g/mol. The van der Waals surface area contributed by atoms with E-state index in [-0.39, 0.29) is 11.8 Å². The molecule has 0 aliphatic carbocycles. The summed E-state index contributed by atoms with van der Waals surface area (Å²) in [6.07, 6.45) is 8.11. The summed E-state index contributed by atoms with van der Waals surface area (Å²) < 4.78 is 28.0. The Morgan fingerprint density at radius 3 is 2.52 bits per heavy atom. The average Bonchev–Trinajstić information content (AvgIpc) is 2.77. The molecule has 0 bridgehead atoms. The molecule has 3 heterocycles. The van der Waals surface area contributed by atoms with Crippen molar-refractivity contribution in [3.05, 3.63) is 18.3 Å². The van der Waals surface area contributed by atoms with Gasteiger partial charge in [-0.1, -0.05) is 19.8 Å². The Balaban J connectivity index is 1.69. The molecule has 1 aromatic heterocycles. The second kappa shape index (κ2) is 9.89. The fourth-order valence-corrected chi connectivity index (χ4v) is 5.90. The molecule has 0 atom stereocenters. The third kappa shape index (κ3) is 5.09. The second-order valence-electron chi connectivity index (χ2n) is 8.16. The zero-order valence-corrected chi connectivity index (χ0v) is 18.5. The molecule has 0 N–H and O–H groups in total. The summed E-state index contributed by atoms with van der Waals surface area (Å²) in [6, 6.07) is 3.36. The number of carbonyl (C=O) groups excluding carboxylic acids is 1. The molecule has 29 heavy (non-hydrogen) atoms. The summed E-state index contributed by atoms with van der Waals surface area (Å²) in [5.41, 5.74) is 0. The smallest absolute Gasteiger partial charge is 0.246 e. The number of piperidine rings is 2. The molecule has 2 fully saturated rings. The van der Waals surface area contributed by atoms with Crippen molar-refractivity contribution in [2.45, 2.75) is 56.8 Å². The van der Waals surface area contributed by atoms with Gasteiger partial charge in [0.15, 0.2) is 0 Å². The lowest BCUT2D eigenvalue weighted by Crippen LogP contribution is -2.42. The molecule has 1 amide bonds. The van der Waals surface area contributed by atoms with Crippen molar-refractivity contribution >= 4 is 21.7 Å². The molecule has 2 aliphatic rings. The molecule has 1 aromatic rings. The maximum absolute atomic E-state index is 13.2. The summed E-state index contributed by atoms with van der Waals surface area (Å²) in [5, 5.41) is 0. The van der Waals surface area contributed by atoms with Gasteiger partial charge < -0.3 is 9.80 Å². The molecule has 8 heteroatoms. The van der Waals surface area contributed by atoms with E-state index in [0.29, 0.717) is 36.9 Å². The van der Waals surface area contributed by atoms with E-state index in [4.69, 9.17) is 0 Å². The maximum Gasteiger partial charge on any atom is 0.246 e. The number of aromatic nitrogens is 1. The van der Waals surface area contributed by atoms with Gasteiger partial charge in [0, 0.05) is 51.9 Å². The van der Waals surface area contributed by atoms with E-state index in [9.17, 15) is 13.2 Å². The normalized spacial score (nSPS) is 19.3. The van der Waals surface area contributed by atoms with E-state index in [1.807, 2.05) is 16.8 Å². The SMILES string of the molecule is CCCCN(C)C(=O)C1CCN(c2ncccc2S(=O)(=O)N2CCCCC2)CC1. The third-order valence-electron chi connectivity index (χ3n) is 6.05. The molecular formula is C21H34N4O3S. The van der Waals surface area contributed by atoms with Crippen LogP contribution in [-0.2, 0) is 14.8 Å². The highest BCUT2D eigenvalue weighted by molar-refractivity contribution is 7.89.